The number of halogens is 1. The summed E-state index contributed by atoms with van der Waals surface area (Å²) < 4.78 is 1.11. The third-order valence-electron chi connectivity index (χ3n) is 8.80. The minimum atomic E-state index is -1.38. The van der Waals surface area contributed by atoms with Crippen LogP contribution in [0.1, 0.15) is 55.8 Å². The Morgan fingerprint density at radius 3 is 2.56 bits per heavy atom. The van der Waals surface area contributed by atoms with Crippen molar-refractivity contribution in [1.29, 1.82) is 0 Å². The molecule has 0 aliphatic heterocycles. The number of carboxylic acids is 1. The van der Waals surface area contributed by atoms with Crippen molar-refractivity contribution in [2.24, 2.45) is 22.7 Å². The summed E-state index contributed by atoms with van der Waals surface area (Å²) >= 11 is 3.73. The molecule has 0 aromatic heterocycles. The molecule has 4 N–H and O–H groups in total. The number of benzene rings is 2. The number of carbonyl (C=O) groups is 3. The predicted octanol–water partition coefficient (Wildman–Crippen LogP) is 6.75. The molecule has 0 heterocycles. The summed E-state index contributed by atoms with van der Waals surface area (Å²) in [6.45, 7) is 6.32. The minimum absolute atomic E-state index is 0.0297. The van der Waals surface area contributed by atoms with E-state index in [2.05, 4.69) is 40.6 Å². The van der Waals surface area contributed by atoms with Gasteiger partial charge in [-0.2, -0.15) is 0 Å². The fraction of sp³-hybridized carbons (Fsp3) is 0.367. The summed E-state index contributed by atoms with van der Waals surface area (Å²) in [4.78, 5) is 40.2. The number of phenolic OH excluding ortho intramolecular Hbond substituents is 1. The van der Waals surface area contributed by atoms with Crippen LogP contribution in [0.3, 0.4) is 0 Å². The smallest absolute Gasteiger partial charge is 0.339 e. The lowest BCUT2D eigenvalue weighted by Gasteiger charge is -2.59. The van der Waals surface area contributed by atoms with Crippen LogP contribution < -0.4 is 5.32 Å². The zero-order chi connectivity index (χ0) is 28.1. The number of carbonyl (C=O) groups excluding carboxylic acids is 2. The number of amides is 1. The topological polar surface area (TPSA) is 124 Å². The predicted molar refractivity (Wildman–Crippen MR) is 158 cm³/mol. The van der Waals surface area contributed by atoms with Crippen molar-refractivity contribution in [3.05, 3.63) is 68.7 Å². The van der Waals surface area contributed by atoms with Gasteiger partial charge in [0.25, 0.3) is 0 Å². The number of rotatable bonds is 7. The molecule has 3 fully saturated rings. The lowest BCUT2D eigenvalue weighted by molar-refractivity contribution is -0.136. The van der Waals surface area contributed by atoms with Gasteiger partial charge in [0.1, 0.15) is 17.0 Å². The second-order valence-corrected chi connectivity index (χ2v) is 13.5. The van der Waals surface area contributed by atoms with Crippen LogP contribution >= 0.6 is 34.4 Å². The number of thioether (sulfide) groups is 1. The van der Waals surface area contributed by atoms with Gasteiger partial charge < -0.3 is 20.6 Å². The lowest BCUT2D eigenvalue weighted by Crippen LogP contribution is -2.55. The van der Waals surface area contributed by atoms with E-state index in [1.165, 1.54) is 17.3 Å². The minimum Gasteiger partial charge on any atom is -0.506 e. The molecule has 0 saturated heterocycles. The molecule has 4 atom stereocenters. The normalized spacial score (nSPS) is 27.6. The van der Waals surface area contributed by atoms with Crippen molar-refractivity contribution in [2.45, 2.75) is 50.3 Å². The van der Waals surface area contributed by atoms with Crippen LogP contribution in [0.15, 0.2) is 64.4 Å². The Morgan fingerprint density at radius 2 is 1.90 bits per heavy atom. The highest BCUT2D eigenvalue weighted by atomic mass is 127. The molecule has 6 rings (SSSR count). The Hall–Kier alpha value is -2.79. The average Bonchev–Trinajstić information content (AvgIpc) is 2.89. The fourth-order valence-corrected chi connectivity index (χ4v) is 8.24. The van der Waals surface area contributed by atoms with E-state index in [1.807, 2.05) is 31.2 Å². The highest BCUT2D eigenvalue weighted by Gasteiger charge is 2.60. The number of phenols is 2. The first kappa shape index (κ1) is 27.8. The SMILES string of the molecule is C=C1C[C@]23C=C(Sc4ccc(I)cc4)C(=O)[C@@](C)(CCC(=O)Nc4c(O)ccc(C(=O)O)c4O)[C@@H]2C[C@H]1CC3. The first-order valence-corrected chi connectivity index (χ1v) is 14.8. The summed E-state index contributed by atoms with van der Waals surface area (Å²) in [6.07, 6.45) is 6.19. The molecular weight excluding hydrogens is 629 g/mol. The Morgan fingerprint density at radius 1 is 1.18 bits per heavy atom. The number of carboxylic acid groups (broad SMARTS) is 1. The summed E-state index contributed by atoms with van der Waals surface area (Å²) in [6, 6.07) is 10.2. The zero-order valence-electron chi connectivity index (χ0n) is 21.5. The maximum absolute atomic E-state index is 14.1. The van der Waals surface area contributed by atoms with Crippen molar-refractivity contribution in [2.75, 3.05) is 5.32 Å². The van der Waals surface area contributed by atoms with Crippen LogP contribution in [0, 0.1) is 26.2 Å². The number of hydrogen-bond acceptors (Lipinski definition) is 6. The molecule has 1 amide bonds. The number of fused-ring (bicyclic) bond motifs is 2. The number of nitrogens with one attached hydrogen (secondary N) is 1. The molecular formula is C30H30INO6S. The largest absolute Gasteiger partial charge is 0.506 e. The third-order valence-corrected chi connectivity index (χ3v) is 10.5. The fourth-order valence-electron chi connectivity index (χ4n) is 6.73. The van der Waals surface area contributed by atoms with E-state index in [9.17, 15) is 29.7 Å². The van der Waals surface area contributed by atoms with Gasteiger partial charge in [-0.15, -0.1) is 0 Å². The number of aromatic carboxylic acids is 1. The molecule has 0 unspecified atom stereocenters. The van der Waals surface area contributed by atoms with Crippen LogP contribution in [-0.4, -0.2) is 33.0 Å². The van der Waals surface area contributed by atoms with E-state index in [0.29, 0.717) is 10.8 Å². The van der Waals surface area contributed by atoms with Crippen molar-refractivity contribution < 1.29 is 29.7 Å². The van der Waals surface area contributed by atoms with E-state index < -0.39 is 34.4 Å². The monoisotopic (exact) mass is 659 g/mol. The van der Waals surface area contributed by atoms with Gasteiger partial charge in [-0.05, 0) is 108 Å². The van der Waals surface area contributed by atoms with Crippen LogP contribution in [0.2, 0.25) is 0 Å². The zero-order valence-corrected chi connectivity index (χ0v) is 24.5. The molecule has 2 aromatic rings. The molecule has 204 valence electrons. The van der Waals surface area contributed by atoms with Crippen molar-refractivity contribution >= 4 is 57.7 Å². The van der Waals surface area contributed by atoms with E-state index in [1.54, 1.807) is 0 Å². The molecule has 2 bridgehead atoms. The van der Waals surface area contributed by atoms with E-state index in [4.69, 9.17) is 0 Å². The quantitative estimate of drug-likeness (QED) is 0.147. The number of anilines is 1. The van der Waals surface area contributed by atoms with Crippen molar-refractivity contribution in [3.8, 4) is 11.5 Å². The number of Topliss-reactive ketones (excluding diaryl/α,β-unsaturated/α-hetero) is 1. The molecule has 4 aliphatic rings. The average molecular weight is 660 g/mol. The number of aromatic hydroxyl groups is 2. The van der Waals surface area contributed by atoms with Crippen LogP contribution in [0.25, 0.3) is 0 Å². The molecule has 9 heteroatoms. The molecule has 1 spiro atoms. The second-order valence-electron chi connectivity index (χ2n) is 11.1. The molecule has 2 aromatic carbocycles. The Labute approximate surface area is 244 Å². The van der Waals surface area contributed by atoms with E-state index >= 15 is 0 Å². The first-order valence-electron chi connectivity index (χ1n) is 12.9. The van der Waals surface area contributed by atoms with Gasteiger partial charge in [0.05, 0.1) is 4.91 Å². The number of allylic oxidation sites excluding steroid dienone is 3. The van der Waals surface area contributed by atoms with Gasteiger partial charge in [0.2, 0.25) is 5.91 Å². The van der Waals surface area contributed by atoms with Crippen LogP contribution in [0.4, 0.5) is 5.69 Å². The Bertz CT molecular complexity index is 1420. The second kappa shape index (κ2) is 10.3. The third kappa shape index (κ3) is 4.99. The van der Waals surface area contributed by atoms with Gasteiger partial charge in [-0.3, -0.25) is 9.59 Å². The summed E-state index contributed by atoms with van der Waals surface area (Å²) in [5.41, 5.74) is -0.502. The molecule has 39 heavy (non-hydrogen) atoms. The summed E-state index contributed by atoms with van der Waals surface area (Å²) in [5.74, 6) is -2.56. The highest BCUT2D eigenvalue weighted by molar-refractivity contribution is 14.1. The van der Waals surface area contributed by atoms with Gasteiger partial charge in [-0.1, -0.05) is 36.9 Å². The summed E-state index contributed by atoms with van der Waals surface area (Å²) in [7, 11) is 0. The van der Waals surface area contributed by atoms with Gasteiger partial charge in [0, 0.05) is 20.3 Å². The van der Waals surface area contributed by atoms with Crippen LogP contribution in [-0.2, 0) is 9.59 Å². The van der Waals surface area contributed by atoms with E-state index in [0.717, 1.165) is 46.3 Å². The highest BCUT2D eigenvalue weighted by Crippen LogP contribution is 2.66. The number of ketones is 1. The standard InChI is InChI=1S/C30H30INO6S/c1-16-14-30-12-9-17(16)13-23(30)29(2,27(36)22(15-30)39-19-5-3-18(31)4-6-19)11-10-24(34)32-25-21(33)8-7-20(26(25)35)28(37)38/h3-8,15,17,23,33,35H,1,9-14H2,2H3,(H,32,34)(H,37,38)/t17-,23+,29+,30-/m1/s1. The molecule has 0 radical (unpaired) electrons. The molecule has 7 nitrogen and oxygen atoms in total. The van der Waals surface area contributed by atoms with E-state index in [-0.39, 0.29) is 35.6 Å². The summed E-state index contributed by atoms with van der Waals surface area (Å²) in [5, 5.41) is 32.2. The number of hydrogen-bond donors (Lipinski definition) is 4. The maximum atomic E-state index is 14.1. The molecule has 3 saturated carbocycles. The van der Waals surface area contributed by atoms with Crippen molar-refractivity contribution in [1.82, 2.24) is 0 Å². The maximum Gasteiger partial charge on any atom is 0.339 e. The van der Waals surface area contributed by atoms with Gasteiger partial charge in [0.15, 0.2) is 11.5 Å². The van der Waals surface area contributed by atoms with Crippen molar-refractivity contribution in [3.63, 3.8) is 0 Å². The molecule has 4 aliphatic carbocycles. The first-order chi connectivity index (χ1) is 18.4. The van der Waals surface area contributed by atoms with Gasteiger partial charge >= 0.3 is 5.97 Å². The lowest BCUT2D eigenvalue weighted by atomic mass is 9.44. The Balaban J connectivity index is 1.42. The van der Waals surface area contributed by atoms with Gasteiger partial charge in [-0.25, -0.2) is 4.79 Å². The Kier molecular flexibility index (Phi) is 7.34. The van der Waals surface area contributed by atoms with Crippen LogP contribution in [0.5, 0.6) is 11.5 Å².